The van der Waals surface area contributed by atoms with Crippen molar-refractivity contribution in [1.82, 2.24) is 14.5 Å². The maximum atomic E-state index is 12.1. The predicted octanol–water partition coefficient (Wildman–Crippen LogP) is 0.106. The average Bonchev–Trinajstić information content (AvgIpc) is 2.83. The van der Waals surface area contributed by atoms with Crippen molar-refractivity contribution in [1.29, 1.82) is 0 Å². The first-order valence-corrected chi connectivity index (χ1v) is 7.89. The van der Waals surface area contributed by atoms with Crippen LogP contribution in [0.5, 0.6) is 0 Å². The Morgan fingerprint density at radius 1 is 1.53 bits per heavy atom. The number of hydrogen-bond donors (Lipinski definition) is 0. The molecule has 0 aliphatic carbocycles. The number of rotatable bonds is 2. The molecule has 0 spiro atoms. The van der Waals surface area contributed by atoms with E-state index in [1.165, 1.54) is 6.26 Å². The van der Waals surface area contributed by atoms with E-state index in [4.69, 9.17) is 0 Å². The van der Waals surface area contributed by atoms with E-state index >= 15 is 0 Å². The van der Waals surface area contributed by atoms with Crippen molar-refractivity contribution >= 4 is 27.3 Å². The molecule has 17 heavy (non-hydrogen) atoms. The molecule has 1 aromatic heterocycles. The van der Waals surface area contributed by atoms with Crippen LogP contribution in [0.1, 0.15) is 21.8 Å². The van der Waals surface area contributed by atoms with Gasteiger partial charge in [-0.3, -0.25) is 4.79 Å². The van der Waals surface area contributed by atoms with Crippen molar-refractivity contribution in [3.8, 4) is 0 Å². The minimum atomic E-state index is -3.07. The van der Waals surface area contributed by atoms with Crippen molar-refractivity contribution in [2.24, 2.45) is 0 Å². The molecule has 8 heteroatoms. The molecule has 1 atom stereocenters. The predicted molar refractivity (Wildman–Crippen MR) is 63.8 cm³/mol. The van der Waals surface area contributed by atoms with Crippen LogP contribution < -0.4 is 0 Å². The molecule has 94 valence electrons. The van der Waals surface area contributed by atoms with Gasteiger partial charge in [0.05, 0.1) is 10.9 Å². The molecule has 1 aromatic rings. The maximum Gasteiger partial charge on any atom is 0.267 e. The Balaban J connectivity index is 2.12. The summed E-state index contributed by atoms with van der Waals surface area (Å²) in [5.41, 5.74) is 0.600. The van der Waals surface area contributed by atoms with Crippen molar-refractivity contribution in [3.63, 3.8) is 0 Å². The van der Waals surface area contributed by atoms with Gasteiger partial charge in [0.15, 0.2) is 9.84 Å². The molecule has 0 saturated carbocycles. The molecule has 1 fully saturated rings. The summed E-state index contributed by atoms with van der Waals surface area (Å²) < 4.78 is 26.5. The number of carbonyl (C=O) groups is 1. The molecule has 0 aromatic carbocycles. The third-order valence-corrected chi connectivity index (χ3v) is 5.30. The van der Waals surface area contributed by atoms with Crippen molar-refractivity contribution in [2.45, 2.75) is 18.6 Å². The summed E-state index contributed by atoms with van der Waals surface area (Å²) >= 11 is 1.05. The number of sulfone groups is 1. The molecule has 1 amide bonds. The second-order valence-electron chi connectivity index (χ2n) is 4.18. The number of aryl methyl sites for hydroxylation is 1. The zero-order valence-corrected chi connectivity index (χ0v) is 11.2. The fraction of sp³-hybridized carbons (Fsp3) is 0.667. The second kappa shape index (κ2) is 4.34. The molecule has 2 rings (SSSR count). The van der Waals surface area contributed by atoms with Gasteiger partial charge >= 0.3 is 0 Å². The molecule has 6 nitrogen and oxygen atoms in total. The minimum Gasteiger partial charge on any atom is -0.336 e. The molecule has 0 unspecified atom stereocenters. The third-order valence-electron chi connectivity index (χ3n) is 2.88. The van der Waals surface area contributed by atoms with Crippen molar-refractivity contribution in [2.75, 3.05) is 19.3 Å². The highest BCUT2D eigenvalue weighted by molar-refractivity contribution is 7.91. The van der Waals surface area contributed by atoms with Crippen LogP contribution >= 0.6 is 11.5 Å². The highest BCUT2D eigenvalue weighted by Crippen LogP contribution is 2.20. The summed E-state index contributed by atoms with van der Waals surface area (Å²) in [5, 5.41) is 3.34. The van der Waals surface area contributed by atoms with Gasteiger partial charge in [0.1, 0.15) is 4.88 Å². The number of amides is 1. The Labute approximate surface area is 104 Å². The van der Waals surface area contributed by atoms with Crippen LogP contribution in [0.25, 0.3) is 0 Å². The van der Waals surface area contributed by atoms with Gasteiger partial charge in [-0.2, -0.15) is 0 Å². The Hall–Kier alpha value is -1.02. The lowest BCUT2D eigenvalue weighted by Crippen LogP contribution is -2.31. The van der Waals surface area contributed by atoms with Crippen LogP contribution in [0.15, 0.2) is 0 Å². The maximum absolute atomic E-state index is 12.1. The first-order chi connectivity index (χ1) is 7.89. The van der Waals surface area contributed by atoms with Gasteiger partial charge in [0.2, 0.25) is 0 Å². The van der Waals surface area contributed by atoms with E-state index in [1.54, 1.807) is 11.8 Å². The monoisotopic (exact) mass is 275 g/mol. The third kappa shape index (κ3) is 2.47. The Morgan fingerprint density at radius 3 is 2.71 bits per heavy atom. The Kier molecular flexibility index (Phi) is 3.17. The lowest BCUT2D eigenvalue weighted by Gasteiger charge is -2.14. The molecule has 1 aliphatic heterocycles. The van der Waals surface area contributed by atoms with E-state index in [0.717, 1.165) is 11.5 Å². The first kappa shape index (κ1) is 12.4. The quantitative estimate of drug-likeness (QED) is 0.765. The number of aromatic nitrogens is 2. The van der Waals surface area contributed by atoms with E-state index in [2.05, 4.69) is 9.59 Å². The van der Waals surface area contributed by atoms with Crippen LogP contribution in [0.3, 0.4) is 0 Å². The summed E-state index contributed by atoms with van der Waals surface area (Å²) in [5.74, 6) is -0.163. The highest BCUT2D eigenvalue weighted by atomic mass is 32.2. The molecular formula is C9H13N3O3S2. The summed E-state index contributed by atoms with van der Waals surface area (Å²) in [4.78, 5) is 14.1. The van der Waals surface area contributed by atoms with E-state index in [1.807, 2.05) is 0 Å². The number of nitrogens with zero attached hydrogens (tertiary/aromatic N) is 3. The number of hydrogen-bond acceptors (Lipinski definition) is 6. The van der Waals surface area contributed by atoms with Crippen LogP contribution in [0.4, 0.5) is 0 Å². The van der Waals surface area contributed by atoms with Gasteiger partial charge in [-0.25, -0.2) is 8.42 Å². The highest BCUT2D eigenvalue weighted by Gasteiger charge is 2.34. The van der Waals surface area contributed by atoms with Crippen LogP contribution in [0, 0.1) is 6.92 Å². The topological polar surface area (TPSA) is 80.2 Å². The zero-order chi connectivity index (χ0) is 12.6. The zero-order valence-electron chi connectivity index (χ0n) is 9.58. The van der Waals surface area contributed by atoms with Gasteiger partial charge in [0.25, 0.3) is 5.91 Å². The number of carbonyl (C=O) groups excluding carboxylic acids is 1. The molecule has 0 N–H and O–H groups in total. The lowest BCUT2D eigenvalue weighted by molar-refractivity contribution is 0.0797. The molecule has 1 saturated heterocycles. The van der Waals surface area contributed by atoms with Gasteiger partial charge in [-0.15, -0.1) is 5.10 Å². The van der Waals surface area contributed by atoms with Gasteiger partial charge in [-0.05, 0) is 24.9 Å². The van der Waals surface area contributed by atoms with E-state index < -0.39 is 15.1 Å². The Morgan fingerprint density at radius 2 is 2.24 bits per heavy atom. The molecule has 1 aliphatic rings. The number of likely N-dealkylation sites (tertiary alicyclic amines) is 1. The van der Waals surface area contributed by atoms with Gasteiger partial charge < -0.3 is 4.90 Å². The van der Waals surface area contributed by atoms with E-state index in [0.29, 0.717) is 23.5 Å². The van der Waals surface area contributed by atoms with Gasteiger partial charge in [0, 0.05) is 19.3 Å². The average molecular weight is 275 g/mol. The van der Waals surface area contributed by atoms with Crippen LogP contribution in [-0.2, 0) is 9.84 Å². The summed E-state index contributed by atoms with van der Waals surface area (Å²) in [6.07, 6.45) is 1.72. The molecule has 0 radical (unpaired) electrons. The molecule has 0 bridgehead atoms. The SMILES string of the molecule is Cc1nnsc1C(=O)N1CC[C@H](S(C)(=O)=O)C1. The summed E-state index contributed by atoms with van der Waals surface area (Å²) in [6, 6.07) is 0. The Bertz CT molecular complexity index is 537. The smallest absolute Gasteiger partial charge is 0.267 e. The molecule has 2 heterocycles. The minimum absolute atomic E-state index is 0.163. The van der Waals surface area contributed by atoms with E-state index in [9.17, 15) is 13.2 Å². The summed E-state index contributed by atoms with van der Waals surface area (Å²) in [7, 11) is -3.07. The first-order valence-electron chi connectivity index (χ1n) is 5.16. The largest absolute Gasteiger partial charge is 0.336 e. The fourth-order valence-corrected chi connectivity index (χ4v) is 3.44. The van der Waals surface area contributed by atoms with E-state index in [-0.39, 0.29) is 12.5 Å². The van der Waals surface area contributed by atoms with Crippen LogP contribution in [-0.4, -0.2) is 53.4 Å². The lowest BCUT2D eigenvalue weighted by atomic mass is 10.3. The van der Waals surface area contributed by atoms with Crippen LogP contribution in [0.2, 0.25) is 0 Å². The van der Waals surface area contributed by atoms with Crippen molar-refractivity contribution < 1.29 is 13.2 Å². The van der Waals surface area contributed by atoms with Gasteiger partial charge in [-0.1, -0.05) is 4.49 Å². The fourth-order valence-electron chi connectivity index (χ4n) is 1.83. The van der Waals surface area contributed by atoms with Crippen molar-refractivity contribution in [3.05, 3.63) is 10.6 Å². The normalized spacial score (nSPS) is 20.8. The molecular weight excluding hydrogens is 262 g/mol. The standard InChI is InChI=1S/C9H13N3O3S2/c1-6-8(16-11-10-6)9(13)12-4-3-7(5-12)17(2,14)15/h7H,3-5H2,1-2H3/t7-/m0/s1. The summed E-state index contributed by atoms with van der Waals surface area (Å²) in [6.45, 7) is 2.48. The second-order valence-corrected chi connectivity index (χ2v) is 7.26.